The van der Waals surface area contributed by atoms with Crippen molar-refractivity contribution in [1.29, 1.82) is 0 Å². The van der Waals surface area contributed by atoms with Gasteiger partial charge in [-0.25, -0.2) is 0 Å². The van der Waals surface area contributed by atoms with Crippen molar-refractivity contribution in [3.8, 4) is 0 Å². The SMILES string of the molecule is O=P1(c2cccc3ccccc23)C2(c3ccccc3)CCCC1(c1ccccc1)CC2. The molecule has 4 aromatic rings. The van der Waals surface area contributed by atoms with E-state index in [4.69, 9.17) is 0 Å². The van der Waals surface area contributed by atoms with Crippen LogP contribution < -0.4 is 5.30 Å². The second-order valence-corrected chi connectivity index (χ2v) is 12.7. The van der Waals surface area contributed by atoms with E-state index < -0.39 is 7.14 Å². The summed E-state index contributed by atoms with van der Waals surface area (Å²) in [7, 11) is -2.89. The van der Waals surface area contributed by atoms with Crippen LogP contribution in [0.4, 0.5) is 0 Å². The zero-order chi connectivity index (χ0) is 20.9. The van der Waals surface area contributed by atoms with Gasteiger partial charge >= 0.3 is 0 Å². The average molecular weight is 423 g/mol. The summed E-state index contributed by atoms with van der Waals surface area (Å²) in [6, 6.07) is 36.5. The molecule has 0 amide bonds. The van der Waals surface area contributed by atoms with Crippen molar-refractivity contribution in [3.05, 3.63) is 114 Å². The van der Waals surface area contributed by atoms with Gasteiger partial charge in [0.05, 0.1) is 10.3 Å². The van der Waals surface area contributed by atoms with Crippen molar-refractivity contribution in [3.63, 3.8) is 0 Å². The molecule has 0 saturated carbocycles. The molecule has 2 fully saturated rings. The third-order valence-electron chi connectivity index (χ3n) is 8.07. The minimum absolute atomic E-state index is 0.285. The fraction of sp³-hybridized carbons (Fsp3) is 0.241. The summed E-state index contributed by atoms with van der Waals surface area (Å²) in [5, 5.41) is 2.87. The summed E-state index contributed by atoms with van der Waals surface area (Å²) in [5.74, 6) is 0. The minimum Gasteiger partial charge on any atom is -0.317 e. The number of hydrogen-bond donors (Lipinski definition) is 0. The first kappa shape index (κ1) is 19.1. The highest BCUT2D eigenvalue weighted by Gasteiger charge is 2.68. The number of fused-ring (bicyclic) bond motifs is 3. The van der Waals surface area contributed by atoms with Crippen molar-refractivity contribution in [1.82, 2.24) is 0 Å². The van der Waals surface area contributed by atoms with Crippen molar-refractivity contribution < 1.29 is 4.57 Å². The molecule has 154 valence electrons. The van der Waals surface area contributed by atoms with Crippen LogP contribution in [0.25, 0.3) is 10.8 Å². The molecule has 0 spiro atoms. The lowest BCUT2D eigenvalue weighted by atomic mass is 9.89. The van der Waals surface area contributed by atoms with Gasteiger partial charge in [0.2, 0.25) is 0 Å². The second kappa shape index (κ2) is 6.94. The normalized spacial score (nSPS) is 29.8. The Morgan fingerprint density at radius 3 is 1.68 bits per heavy atom. The highest BCUT2D eigenvalue weighted by Crippen LogP contribution is 2.86. The van der Waals surface area contributed by atoms with Crippen LogP contribution in [0, 0.1) is 0 Å². The highest BCUT2D eigenvalue weighted by molar-refractivity contribution is 7.74. The van der Waals surface area contributed by atoms with E-state index >= 15 is 4.57 Å². The van der Waals surface area contributed by atoms with E-state index in [1.165, 1.54) is 16.5 Å². The first-order valence-electron chi connectivity index (χ1n) is 11.4. The maximum Gasteiger partial charge on any atom is 0.136 e. The lowest BCUT2D eigenvalue weighted by Crippen LogP contribution is -2.38. The summed E-state index contributed by atoms with van der Waals surface area (Å²) >= 11 is 0. The van der Waals surface area contributed by atoms with Gasteiger partial charge in [-0.2, -0.15) is 0 Å². The molecule has 2 heteroatoms. The molecule has 2 bridgehead atoms. The van der Waals surface area contributed by atoms with Gasteiger partial charge in [0.15, 0.2) is 0 Å². The molecule has 1 nitrogen and oxygen atoms in total. The number of rotatable bonds is 3. The van der Waals surface area contributed by atoms with Gasteiger partial charge < -0.3 is 4.57 Å². The third kappa shape index (κ3) is 2.42. The van der Waals surface area contributed by atoms with E-state index in [1.54, 1.807) is 0 Å². The summed E-state index contributed by atoms with van der Waals surface area (Å²) < 4.78 is 16.0. The van der Waals surface area contributed by atoms with Crippen LogP contribution in [0.1, 0.15) is 43.2 Å². The molecular formula is C29H27OP. The van der Waals surface area contributed by atoms with Gasteiger partial charge in [0.1, 0.15) is 7.14 Å². The Hall–Kier alpha value is -2.63. The van der Waals surface area contributed by atoms with Crippen molar-refractivity contribution in [2.24, 2.45) is 0 Å². The van der Waals surface area contributed by atoms with Gasteiger partial charge in [0.25, 0.3) is 0 Å². The smallest absolute Gasteiger partial charge is 0.136 e. The molecule has 0 aromatic heterocycles. The van der Waals surface area contributed by atoms with Crippen LogP contribution in [-0.2, 0) is 14.9 Å². The summed E-state index contributed by atoms with van der Waals surface area (Å²) in [4.78, 5) is 0. The van der Waals surface area contributed by atoms with E-state index in [1.807, 2.05) is 0 Å². The van der Waals surface area contributed by atoms with Crippen LogP contribution >= 0.6 is 7.14 Å². The Morgan fingerprint density at radius 1 is 0.548 bits per heavy atom. The van der Waals surface area contributed by atoms with Crippen LogP contribution in [0.15, 0.2) is 103 Å². The number of benzene rings is 4. The predicted molar refractivity (Wildman–Crippen MR) is 131 cm³/mol. The molecular weight excluding hydrogens is 395 g/mol. The Labute approximate surface area is 184 Å². The van der Waals surface area contributed by atoms with Crippen LogP contribution in [0.2, 0.25) is 0 Å². The molecule has 4 aromatic carbocycles. The quantitative estimate of drug-likeness (QED) is 0.311. The molecule has 6 rings (SSSR count). The van der Waals surface area contributed by atoms with Crippen molar-refractivity contribution in [2.45, 2.75) is 42.4 Å². The number of hydrogen-bond acceptors (Lipinski definition) is 1. The van der Waals surface area contributed by atoms with Gasteiger partial charge in [0, 0.05) is 5.30 Å². The molecule has 0 radical (unpaired) electrons. The van der Waals surface area contributed by atoms with E-state index in [2.05, 4.69) is 103 Å². The first-order chi connectivity index (χ1) is 15.2. The molecule has 2 saturated heterocycles. The fourth-order valence-electron chi connectivity index (χ4n) is 6.76. The Morgan fingerprint density at radius 2 is 1.06 bits per heavy atom. The molecule has 2 unspecified atom stereocenters. The topological polar surface area (TPSA) is 17.1 Å². The van der Waals surface area contributed by atoms with Crippen molar-refractivity contribution in [2.75, 3.05) is 0 Å². The average Bonchev–Trinajstić information content (AvgIpc) is 2.97. The Bertz CT molecular complexity index is 1230. The summed E-state index contributed by atoms with van der Waals surface area (Å²) in [6.45, 7) is 0. The first-order valence-corrected chi connectivity index (χ1v) is 13.1. The van der Waals surface area contributed by atoms with Gasteiger partial charge in [-0.05, 0) is 47.6 Å². The van der Waals surface area contributed by atoms with Crippen LogP contribution in [-0.4, -0.2) is 0 Å². The minimum atomic E-state index is -2.89. The zero-order valence-electron chi connectivity index (χ0n) is 17.7. The van der Waals surface area contributed by atoms with Crippen LogP contribution in [0.5, 0.6) is 0 Å². The molecule has 2 aliphatic heterocycles. The maximum absolute atomic E-state index is 16.0. The lowest BCUT2D eigenvalue weighted by molar-refractivity contribution is 0.447. The molecule has 2 heterocycles. The van der Waals surface area contributed by atoms with Crippen molar-refractivity contribution >= 4 is 23.2 Å². The van der Waals surface area contributed by atoms with Gasteiger partial charge in [-0.1, -0.05) is 110 Å². The van der Waals surface area contributed by atoms with Gasteiger partial charge in [-0.15, -0.1) is 0 Å². The fourth-order valence-corrected chi connectivity index (χ4v) is 12.2. The Kier molecular flexibility index (Phi) is 4.27. The summed E-state index contributed by atoms with van der Waals surface area (Å²) in [6.07, 6.45) is 5.12. The third-order valence-corrected chi connectivity index (χ3v) is 13.0. The largest absolute Gasteiger partial charge is 0.317 e. The van der Waals surface area contributed by atoms with E-state index in [9.17, 15) is 0 Å². The van der Waals surface area contributed by atoms with E-state index in [0.29, 0.717) is 0 Å². The monoisotopic (exact) mass is 422 g/mol. The Balaban J connectivity index is 1.73. The standard InChI is InChI=1S/C29H27OP/c30-31(27-18-9-12-23-11-7-8-17-26(23)27)28(24-13-3-1-4-14-24)19-10-20-29(31,22-21-28)25-15-5-2-6-16-25/h1-9,11-18H,10,19-22H2. The molecule has 0 N–H and O–H groups in total. The molecule has 31 heavy (non-hydrogen) atoms. The predicted octanol–water partition coefficient (Wildman–Crippen LogP) is 7.60. The second-order valence-electron chi connectivity index (χ2n) is 9.26. The molecule has 2 aliphatic rings. The van der Waals surface area contributed by atoms with E-state index in [-0.39, 0.29) is 10.3 Å². The lowest BCUT2D eigenvalue weighted by Gasteiger charge is -2.49. The maximum atomic E-state index is 16.0. The molecule has 0 aliphatic carbocycles. The van der Waals surface area contributed by atoms with E-state index in [0.717, 1.165) is 42.8 Å². The molecule has 2 atom stereocenters. The van der Waals surface area contributed by atoms with Crippen LogP contribution in [0.3, 0.4) is 0 Å². The van der Waals surface area contributed by atoms with Gasteiger partial charge in [-0.3, -0.25) is 0 Å². The highest BCUT2D eigenvalue weighted by atomic mass is 31.2. The summed E-state index contributed by atoms with van der Waals surface area (Å²) in [5.41, 5.74) is 2.53. The zero-order valence-corrected chi connectivity index (χ0v) is 18.6.